The first-order valence-corrected chi connectivity index (χ1v) is 5.38. The summed E-state index contributed by atoms with van der Waals surface area (Å²) in [5.41, 5.74) is -0.0845. The van der Waals surface area contributed by atoms with Gasteiger partial charge in [0.15, 0.2) is 0 Å². The minimum Gasteiger partial charge on any atom is -0.506 e. The largest absolute Gasteiger partial charge is 0.506 e. The molecule has 1 aromatic carbocycles. The fourth-order valence-corrected chi connectivity index (χ4v) is 1.94. The van der Waals surface area contributed by atoms with Crippen molar-refractivity contribution in [3.05, 3.63) is 22.2 Å². The standard InChI is InChI=1S/C8H7BrO3S/c1-13-4-2-5(8(11)12)7(10)6(9)3-4/h2-3,10H,1H3,(H,11,12). The summed E-state index contributed by atoms with van der Waals surface area (Å²) in [6, 6.07) is 3.11. The van der Waals surface area contributed by atoms with E-state index >= 15 is 0 Å². The first-order valence-electron chi connectivity index (χ1n) is 3.36. The molecule has 0 atom stereocenters. The summed E-state index contributed by atoms with van der Waals surface area (Å²) in [7, 11) is 0. The Labute approximate surface area is 87.9 Å². The predicted octanol–water partition coefficient (Wildman–Crippen LogP) is 2.57. The average molecular weight is 263 g/mol. The molecule has 0 amide bonds. The van der Waals surface area contributed by atoms with E-state index in [1.165, 1.54) is 17.8 Å². The molecule has 3 nitrogen and oxygen atoms in total. The number of phenols is 1. The first-order chi connectivity index (χ1) is 6.06. The molecule has 1 rings (SSSR count). The van der Waals surface area contributed by atoms with Crippen LogP contribution >= 0.6 is 27.7 Å². The van der Waals surface area contributed by atoms with Crippen molar-refractivity contribution in [2.24, 2.45) is 0 Å². The molecule has 0 aliphatic rings. The quantitative estimate of drug-likeness (QED) is 0.805. The van der Waals surface area contributed by atoms with Crippen molar-refractivity contribution < 1.29 is 15.0 Å². The molecule has 70 valence electrons. The number of hydrogen-bond acceptors (Lipinski definition) is 3. The summed E-state index contributed by atoms with van der Waals surface area (Å²) in [6.07, 6.45) is 1.84. The van der Waals surface area contributed by atoms with Gasteiger partial charge < -0.3 is 10.2 Å². The van der Waals surface area contributed by atoms with Crippen LogP contribution in [0.25, 0.3) is 0 Å². The Morgan fingerprint density at radius 1 is 1.54 bits per heavy atom. The average Bonchev–Trinajstić information content (AvgIpc) is 2.09. The van der Waals surface area contributed by atoms with E-state index in [0.717, 1.165) is 4.90 Å². The smallest absolute Gasteiger partial charge is 0.339 e. The SMILES string of the molecule is CSc1cc(Br)c(O)c(C(=O)O)c1. The Morgan fingerprint density at radius 2 is 2.15 bits per heavy atom. The van der Waals surface area contributed by atoms with Gasteiger partial charge in [0.1, 0.15) is 11.3 Å². The highest BCUT2D eigenvalue weighted by Gasteiger charge is 2.13. The van der Waals surface area contributed by atoms with Crippen molar-refractivity contribution in [2.45, 2.75) is 4.90 Å². The third-order valence-corrected chi connectivity index (χ3v) is 2.81. The molecule has 0 unspecified atom stereocenters. The number of aromatic hydroxyl groups is 1. The lowest BCUT2D eigenvalue weighted by Gasteiger charge is -2.04. The monoisotopic (exact) mass is 262 g/mol. The van der Waals surface area contributed by atoms with Crippen LogP contribution in [-0.2, 0) is 0 Å². The lowest BCUT2D eigenvalue weighted by molar-refractivity contribution is 0.0693. The molecule has 0 aromatic heterocycles. The van der Waals surface area contributed by atoms with E-state index < -0.39 is 5.97 Å². The molecule has 0 saturated heterocycles. The van der Waals surface area contributed by atoms with Crippen LogP contribution < -0.4 is 0 Å². The second-order valence-electron chi connectivity index (χ2n) is 2.31. The molecule has 0 saturated carbocycles. The summed E-state index contributed by atoms with van der Waals surface area (Å²) < 4.78 is 0.400. The number of aromatic carboxylic acids is 1. The minimum absolute atomic E-state index is 0.0845. The van der Waals surface area contributed by atoms with Gasteiger partial charge in [-0.2, -0.15) is 0 Å². The molecule has 2 N–H and O–H groups in total. The van der Waals surface area contributed by atoms with Gasteiger partial charge in [0, 0.05) is 4.90 Å². The zero-order chi connectivity index (χ0) is 10.0. The van der Waals surface area contributed by atoms with E-state index in [2.05, 4.69) is 15.9 Å². The number of carboxylic acid groups (broad SMARTS) is 1. The zero-order valence-corrected chi connectivity index (χ0v) is 9.15. The van der Waals surface area contributed by atoms with Gasteiger partial charge in [-0.3, -0.25) is 0 Å². The van der Waals surface area contributed by atoms with E-state index in [1.54, 1.807) is 6.07 Å². The fraction of sp³-hybridized carbons (Fsp3) is 0.125. The van der Waals surface area contributed by atoms with Crippen LogP contribution in [0.2, 0.25) is 0 Å². The second-order valence-corrected chi connectivity index (χ2v) is 4.04. The van der Waals surface area contributed by atoms with Crippen molar-refractivity contribution in [3.8, 4) is 5.75 Å². The van der Waals surface area contributed by atoms with Gasteiger partial charge in [0.25, 0.3) is 0 Å². The van der Waals surface area contributed by atoms with Crippen molar-refractivity contribution in [1.82, 2.24) is 0 Å². The van der Waals surface area contributed by atoms with Crippen LogP contribution in [-0.4, -0.2) is 22.4 Å². The van der Waals surface area contributed by atoms with Gasteiger partial charge in [0.05, 0.1) is 4.47 Å². The maximum absolute atomic E-state index is 10.7. The van der Waals surface area contributed by atoms with E-state index in [4.69, 9.17) is 5.11 Å². The molecule has 0 bridgehead atoms. The lowest BCUT2D eigenvalue weighted by atomic mass is 10.2. The summed E-state index contributed by atoms with van der Waals surface area (Å²) >= 11 is 4.50. The molecule has 0 aliphatic carbocycles. The maximum atomic E-state index is 10.7. The highest BCUT2D eigenvalue weighted by molar-refractivity contribution is 9.10. The highest BCUT2D eigenvalue weighted by Crippen LogP contribution is 2.32. The molecule has 5 heteroatoms. The zero-order valence-electron chi connectivity index (χ0n) is 6.74. The number of carboxylic acids is 1. The third-order valence-electron chi connectivity index (χ3n) is 1.50. The molecular formula is C8H7BrO3S. The number of carbonyl (C=O) groups is 1. The van der Waals surface area contributed by atoms with Crippen LogP contribution in [0.1, 0.15) is 10.4 Å². The van der Waals surface area contributed by atoms with Crippen molar-refractivity contribution >= 4 is 33.7 Å². The lowest BCUT2D eigenvalue weighted by Crippen LogP contribution is -1.97. The molecule has 1 aromatic rings. The van der Waals surface area contributed by atoms with Crippen LogP contribution in [0.5, 0.6) is 5.75 Å². The summed E-state index contributed by atoms with van der Waals surface area (Å²) in [5, 5.41) is 18.1. The van der Waals surface area contributed by atoms with Crippen molar-refractivity contribution in [2.75, 3.05) is 6.26 Å². The van der Waals surface area contributed by atoms with Crippen LogP contribution in [0.15, 0.2) is 21.5 Å². The maximum Gasteiger partial charge on any atom is 0.339 e. The highest BCUT2D eigenvalue weighted by atomic mass is 79.9. The van der Waals surface area contributed by atoms with Gasteiger partial charge in [-0.05, 0) is 34.3 Å². The summed E-state index contributed by atoms with van der Waals surface area (Å²) in [4.78, 5) is 11.4. The van der Waals surface area contributed by atoms with Crippen LogP contribution in [0, 0.1) is 0 Å². The Bertz CT molecular complexity index is 351. The van der Waals surface area contributed by atoms with E-state index in [1.807, 2.05) is 6.26 Å². The fourth-order valence-electron chi connectivity index (χ4n) is 0.855. The Balaban J connectivity index is 3.33. The number of rotatable bonds is 2. The van der Waals surface area contributed by atoms with Gasteiger partial charge in [-0.1, -0.05) is 0 Å². The number of benzene rings is 1. The second kappa shape index (κ2) is 4.02. The topological polar surface area (TPSA) is 57.5 Å². The first kappa shape index (κ1) is 10.4. The van der Waals surface area contributed by atoms with Gasteiger partial charge >= 0.3 is 5.97 Å². The number of halogens is 1. The minimum atomic E-state index is -1.13. The van der Waals surface area contributed by atoms with Crippen LogP contribution in [0.4, 0.5) is 0 Å². The molecule has 0 spiro atoms. The van der Waals surface area contributed by atoms with E-state index in [9.17, 15) is 9.90 Å². The normalized spacial score (nSPS) is 10.0. The molecule has 0 aliphatic heterocycles. The molecular weight excluding hydrogens is 256 g/mol. The summed E-state index contributed by atoms with van der Waals surface area (Å²) in [6.45, 7) is 0. The Kier molecular flexibility index (Phi) is 3.22. The van der Waals surface area contributed by atoms with Crippen molar-refractivity contribution in [1.29, 1.82) is 0 Å². The molecule has 13 heavy (non-hydrogen) atoms. The Hall–Kier alpha value is -0.680. The molecule has 0 fully saturated rings. The van der Waals surface area contributed by atoms with Gasteiger partial charge in [-0.15, -0.1) is 11.8 Å². The van der Waals surface area contributed by atoms with Gasteiger partial charge in [0.2, 0.25) is 0 Å². The predicted molar refractivity (Wildman–Crippen MR) is 54.5 cm³/mol. The number of thioether (sulfide) groups is 1. The number of hydrogen-bond donors (Lipinski definition) is 2. The third kappa shape index (κ3) is 2.16. The molecule has 0 heterocycles. The van der Waals surface area contributed by atoms with E-state index in [-0.39, 0.29) is 11.3 Å². The van der Waals surface area contributed by atoms with Crippen LogP contribution in [0.3, 0.4) is 0 Å². The van der Waals surface area contributed by atoms with Crippen molar-refractivity contribution in [3.63, 3.8) is 0 Å². The van der Waals surface area contributed by atoms with Gasteiger partial charge in [-0.25, -0.2) is 4.79 Å². The Morgan fingerprint density at radius 3 is 2.62 bits per heavy atom. The van der Waals surface area contributed by atoms with E-state index in [0.29, 0.717) is 4.47 Å². The molecule has 0 radical (unpaired) electrons. The summed E-state index contributed by atoms with van der Waals surface area (Å²) in [5.74, 6) is -1.36.